The summed E-state index contributed by atoms with van der Waals surface area (Å²) >= 11 is 0. The lowest BCUT2D eigenvalue weighted by molar-refractivity contribution is -0.137. The van der Waals surface area contributed by atoms with Crippen LogP contribution >= 0.6 is 0 Å². The van der Waals surface area contributed by atoms with Crippen molar-refractivity contribution in [2.75, 3.05) is 6.61 Å². The van der Waals surface area contributed by atoms with E-state index in [2.05, 4.69) is 47.6 Å². The molecule has 0 amide bonds. The summed E-state index contributed by atoms with van der Waals surface area (Å²) in [6.45, 7) is 13.2. The molecule has 1 aromatic carbocycles. The van der Waals surface area contributed by atoms with Crippen molar-refractivity contribution in [1.29, 1.82) is 0 Å². The van der Waals surface area contributed by atoms with Gasteiger partial charge in [0.15, 0.2) is 22.9 Å². The van der Waals surface area contributed by atoms with E-state index >= 15 is 0 Å². The standard InChI is InChI=1S/C30H49F3O5Si2/c1-7-39(8-2,9-3)37-24(21-35-23-15-13-14-22(18-23)30(31,32)33)16-17-25-26-19-29(34)36-27(26)20-28(25)38-40(10-4,11-5)12-6/h13-18,24-29,34H,7-12,19-21H2,1-6H3/b17-16+/t24-,25-,26-,27+,28-,29?/m1/s1. The fraction of sp³-hybridized carbons (Fsp3) is 0.733. The number of hydrogen-bond acceptors (Lipinski definition) is 5. The van der Waals surface area contributed by atoms with Gasteiger partial charge in [0.25, 0.3) is 0 Å². The zero-order chi connectivity index (χ0) is 29.6. The number of alkyl halides is 3. The SMILES string of the molecule is CC[Si](CC)(CC)O[C@H](/C=C/[C@@H]1[C@H]2CC(O)O[C@H]2C[C@H]1O[Si](CC)(CC)CC)COc1cccc(C(F)(F)F)c1. The maximum absolute atomic E-state index is 13.3. The number of fused-ring (bicyclic) bond motifs is 1. The van der Waals surface area contributed by atoms with E-state index in [4.69, 9.17) is 18.3 Å². The summed E-state index contributed by atoms with van der Waals surface area (Å²) in [7, 11) is -3.92. The largest absolute Gasteiger partial charge is 0.491 e. The number of aliphatic hydroxyl groups is 1. The van der Waals surface area contributed by atoms with Gasteiger partial charge in [0.2, 0.25) is 0 Å². The molecule has 5 nitrogen and oxygen atoms in total. The minimum absolute atomic E-state index is 0.0147. The molecule has 1 aromatic rings. The number of ether oxygens (including phenoxy) is 2. The minimum Gasteiger partial charge on any atom is -0.491 e. The quantitative estimate of drug-likeness (QED) is 0.162. The van der Waals surface area contributed by atoms with Gasteiger partial charge in [-0.05, 0) is 66.8 Å². The van der Waals surface area contributed by atoms with Crippen molar-refractivity contribution in [2.45, 2.75) is 121 Å². The number of benzene rings is 1. The molecule has 2 aliphatic rings. The van der Waals surface area contributed by atoms with Crippen molar-refractivity contribution >= 4 is 16.6 Å². The lowest BCUT2D eigenvalue weighted by Crippen LogP contribution is -2.42. The Morgan fingerprint density at radius 3 is 2.17 bits per heavy atom. The molecule has 40 heavy (non-hydrogen) atoms. The van der Waals surface area contributed by atoms with Crippen molar-refractivity contribution in [3.8, 4) is 5.75 Å². The molecule has 0 bridgehead atoms. The predicted molar refractivity (Wildman–Crippen MR) is 157 cm³/mol. The molecule has 1 heterocycles. The van der Waals surface area contributed by atoms with Crippen LogP contribution in [0.2, 0.25) is 36.3 Å². The Balaban J connectivity index is 1.87. The van der Waals surface area contributed by atoms with Crippen LogP contribution in [-0.2, 0) is 19.8 Å². The van der Waals surface area contributed by atoms with Crippen LogP contribution in [0.3, 0.4) is 0 Å². The highest BCUT2D eigenvalue weighted by Gasteiger charge is 2.50. The number of hydrogen-bond donors (Lipinski definition) is 1. The van der Waals surface area contributed by atoms with Gasteiger partial charge in [0.1, 0.15) is 12.4 Å². The summed E-state index contributed by atoms with van der Waals surface area (Å²) in [5.41, 5.74) is -0.732. The first-order chi connectivity index (χ1) is 19.0. The molecule has 0 spiro atoms. The average Bonchev–Trinajstić information content (AvgIpc) is 3.46. The van der Waals surface area contributed by atoms with Crippen LogP contribution in [0.1, 0.15) is 59.9 Å². The van der Waals surface area contributed by atoms with Gasteiger partial charge < -0.3 is 23.4 Å². The Labute approximate surface area is 240 Å². The third-order valence-electron chi connectivity index (χ3n) is 9.46. The second kappa shape index (κ2) is 14.3. The monoisotopic (exact) mass is 602 g/mol. The summed E-state index contributed by atoms with van der Waals surface area (Å²) in [5.74, 6) is 0.399. The molecule has 0 aromatic heterocycles. The summed E-state index contributed by atoms with van der Waals surface area (Å²) < 4.78 is 65.3. The lowest BCUT2D eigenvalue weighted by atomic mass is 9.91. The smallest absolute Gasteiger partial charge is 0.416 e. The molecule has 3 rings (SSSR count). The first-order valence-corrected chi connectivity index (χ1v) is 20.2. The van der Waals surface area contributed by atoms with Gasteiger partial charge in [-0.15, -0.1) is 0 Å². The van der Waals surface area contributed by atoms with Crippen LogP contribution in [-0.4, -0.2) is 53.0 Å². The van der Waals surface area contributed by atoms with Crippen LogP contribution in [0, 0.1) is 11.8 Å². The molecule has 1 aliphatic carbocycles. The maximum Gasteiger partial charge on any atom is 0.416 e. The molecule has 10 heteroatoms. The van der Waals surface area contributed by atoms with Crippen molar-refractivity contribution in [1.82, 2.24) is 0 Å². The summed E-state index contributed by atoms with van der Waals surface area (Å²) in [6.07, 6.45) is -0.0806. The highest BCUT2D eigenvalue weighted by Crippen LogP contribution is 2.46. The van der Waals surface area contributed by atoms with Gasteiger partial charge in [0, 0.05) is 12.3 Å². The summed E-state index contributed by atoms with van der Waals surface area (Å²) in [4.78, 5) is 0. The van der Waals surface area contributed by atoms with Crippen LogP contribution in [0.25, 0.3) is 0 Å². The fourth-order valence-corrected chi connectivity index (χ4v) is 12.1. The Kier molecular flexibility index (Phi) is 11.9. The molecule has 1 aliphatic heterocycles. The van der Waals surface area contributed by atoms with E-state index in [9.17, 15) is 18.3 Å². The molecule has 1 unspecified atom stereocenters. The Bertz CT molecular complexity index is 935. The highest BCUT2D eigenvalue weighted by molar-refractivity contribution is 6.74. The van der Waals surface area contributed by atoms with Crippen molar-refractivity contribution in [2.24, 2.45) is 11.8 Å². The van der Waals surface area contributed by atoms with Gasteiger partial charge in [-0.1, -0.05) is 59.8 Å². The zero-order valence-corrected chi connectivity index (χ0v) is 27.0. The van der Waals surface area contributed by atoms with E-state index in [1.807, 2.05) is 6.08 Å². The predicted octanol–water partition coefficient (Wildman–Crippen LogP) is 8.16. The van der Waals surface area contributed by atoms with Gasteiger partial charge in [-0.3, -0.25) is 0 Å². The molecular formula is C30H49F3O5Si2. The van der Waals surface area contributed by atoms with E-state index < -0.39 is 40.8 Å². The van der Waals surface area contributed by atoms with E-state index in [0.717, 1.165) is 54.8 Å². The summed E-state index contributed by atoms with van der Waals surface area (Å²) in [6, 6.07) is 11.0. The zero-order valence-electron chi connectivity index (χ0n) is 25.0. The van der Waals surface area contributed by atoms with E-state index in [1.165, 1.54) is 6.07 Å². The van der Waals surface area contributed by atoms with Gasteiger partial charge >= 0.3 is 6.18 Å². The first-order valence-electron chi connectivity index (χ1n) is 15.1. The van der Waals surface area contributed by atoms with Crippen LogP contribution in [0.15, 0.2) is 36.4 Å². The third kappa shape index (κ3) is 8.01. The molecule has 1 saturated heterocycles. The average molecular weight is 603 g/mol. The molecule has 6 atom stereocenters. The molecular weight excluding hydrogens is 553 g/mol. The minimum atomic E-state index is -4.43. The fourth-order valence-electron chi connectivity index (χ4n) is 6.40. The van der Waals surface area contributed by atoms with Gasteiger partial charge in [-0.25, -0.2) is 0 Å². The van der Waals surface area contributed by atoms with Crippen LogP contribution in [0.4, 0.5) is 13.2 Å². The van der Waals surface area contributed by atoms with Crippen molar-refractivity contribution < 1.29 is 36.6 Å². The van der Waals surface area contributed by atoms with Crippen molar-refractivity contribution in [3.05, 3.63) is 42.0 Å². The maximum atomic E-state index is 13.3. The molecule has 1 saturated carbocycles. The molecule has 0 radical (unpaired) electrons. The van der Waals surface area contributed by atoms with Crippen LogP contribution in [0.5, 0.6) is 5.75 Å². The van der Waals surface area contributed by atoms with Crippen molar-refractivity contribution in [3.63, 3.8) is 0 Å². The highest BCUT2D eigenvalue weighted by atomic mass is 28.4. The molecule has 1 N–H and O–H groups in total. The Hall–Kier alpha value is -1.18. The van der Waals surface area contributed by atoms with Gasteiger partial charge in [0.05, 0.1) is 23.9 Å². The van der Waals surface area contributed by atoms with E-state index in [1.54, 1.807) is 6.07 Å². The van der Waals surface area contributed by atoms with Gasteiger partial charge in [-0.2, -0.15) is 13.2 Å². The topological polar surface area (TPSA) is 57.2 Å². The number of halogens is 3. The van der Waals surface area contributed by atoms with E-state index in [-0.39, 0.29) is 36.4 Å². The van der Waals surface area contributed by atoms with E-state index in [0.29, 0.717) is 6.42 Å². The second-order valence-corrected chi connectivity index (χ2v) is 20.8. The number of rotatable bonds is 15. The van der Waals surface area contributed by atoms with Crippen LogP contribution < -0.4 is 4.74 Å². The Morgan fingerprint density at radius 2 is 1.60 bits per heavy atom. The number of aliphatic hydroxyl groups excluding tert-OH is 1. The first kappa shape index (κ1) is 33.3. The second-order valence-electron chi connectivity index (χ2n) is 11.4. The Morgan fingerprint density at radius 1 is 0.975 bits per heavy atom. The normalized spacial score (nSPS) is 26.4. The molecule has 2 fully saturated rings. The molecule has 228 valence electrons. The summed E-state index contributed by atoms with van der Waals surface area (Å²) in [5, 5.41) is 10.2. The lowest BCUT2D eigenvalue weighted by Gasteiger charge is -2.35. The third-order valence-corrected chi connectivity index (χ3v) is 18.8.